The van der Waals surface area contributed by atoms with Crippen LogP contribution in [0, 0.1) is 5.82 Å². The molecule has 0 aromatic heterocycles. The Morgan fingerprint density at radius 1 is 1.12 bits per heavy atom. The van der Waals surface area contributed by atoms with E-state index < -0.39 is 0 Å². The van der Waals surface area contributed by atoms with E-state index in [9.17, 15) is 9.18 Å². The third kappa shape index (κ3) is 5.66. The minimum atomic E-state index is -0.390. The largest absolute Gasteiger partial charge is 0.491 e. The molecule has 4 nitrogen and oxygen atoms in total. The van der Waals surface area contributed by atoms with Gasteiger partial charge in [-0.05, 0) is 36.7 Å². The average molecular weight is 330 g/mol. The van der Waals surface area contributed by atoms with Crippen LogP contribution in [-0.4, -0.2) is 19.1 Å². The fourth-order valence-electron chi connectivity index (χ4n) is 2.25. The number of para-hydroxylation sites is 2. The Labute approximate surface area is 142 Å². The van der Waals surface area contributed by atoms with Gasteiger partial charge in [0.2, 0.25) is 5.91 Å². The molecule has 2 rings (SSSR count). The smallest absolute Gasteiger partial charge is 0.224 e. The van der Waals surface area contributed by atoms with Gasteiger partial charge >= 0.3 is 0 Å². The summed E-state index contributed by atoms with van der Waals surface area (Å²) in [5.41, 5.74) is 1.87. The first kappa shape index (κ1) is 17.9. The van der Waals surface area contributed by atoms with Crippen LogP contribution in [0.2, 0.25) is 0 Å². The molecule has 24 heavy (non-hydrogen) atoms. The van der Waals surface area contributed by atoms with Gasteiger partial charge in [-0.1, -0.05) is 37.3 Å². The Morgan fingerprint density at radius 2 is 1.88 bits per heavy atom. The van der Waals surface area contributed by atoms with E-state index >= 15 is 0 Å². The highest BCUT2D eigenvalue weighted by Crippen LogP contribution is 2.17. The zero-order valence-corrected chi connectivity index (χ0v) is 13.8. The lowest BCUT2D eigenvalue weighted by Gasteiger charge is -2.11. The molecule has 0 saturated heterocycles. The standard InChI is InChI=1S/C19H23FN2O2/c1-2-21-14-15-8-3-5-10-17(15)22-19(23)12-7-13-24-18-11-6-4-9-16(18)20/h3-6,8-11,21H,2,7,12-14H2,1H3,(H,22,23). The molecule has 0 aliphatic rings. The number of halogens is 1. The maximum atomic E-state index is 13.4. The maximum absolute atomic E-state index is 13.4. The molecule has 1 amide bonds. The number of benzene rings is 2. The quantitative estimate of drug-likeness (QED) is 0.689. The van der Waals surface area contributed by atoms with Crippen LogP contribution in [0.15, 0.2) is 48.5 Å². The van der Waals surface area contributed by atoms with Gasteiger partial charge in [-0.15, -0.1) is 0 Å². The highest BCUT2D eigenvalue weighted by Gasteiger charge is 2.07. The number of ether oxygens (including phenoxy) is 1. The lowest BCUT2D eigenvalue weighted by atomic mass is 10.1. The predicted molar refractivity (Wildman–Crippen MR) is 93.6 cm³/mol. The molecule has 128 valence electrons. The first-order chi connectivity index (χ1) is 11.7. The van der Waals surface area contributed by atoms with Gasteiger partial charge in [-0.3, -0.25) is 4.79 Å². The number of hydrogen-bond acceptors (Lipinski definition) is 3. The van der Waals surface area contributed by atoms with Crippen molar-refractivity contribution < 1.29 is 13.9 Å². The van der Waals surface area contributed by atoms with E-state index in [1.54, 1.807) is 18.2 Å². The van der Waals surface area contributed by atoms with Crippen molar-refractivity contribution in [2.45, 2.75) is 26.3 Å². The van der Waals surface area contributed by atoms with Crippen LogP contribution >= 0.6 is 0 Å². The number of nitrogens with one attached hydrogen (secondary N) is 2. The van der Waals surface area contributed by atoms with Gasteiger partial charge in [-0.2, -0.15) is 0 Å². The van der Waals surface area contributed by atoms with Crippen LogP contribution in [0.1, 0.15) is 25.3 Å². The van der Waals surface area contributed by atoms with Gasteiger partial charge in [0, 0.05) is 18.7 Å². The molecule has 2 aromatic carbocycles. The number of carbonyl (C=O) groups excluding carboxylic acids is 1. The SMILES string of the molecule is CCNCc1ccccc1NC(=O)CCCOc1ccccc1F. The van der Waals surface area contributed by atoms with Gasteiger partial charge in [0.1, 0.15) is 0 Å². The molecule has 0 aliphatic carbocycles. The van der Waals surface area contributed by atoms with Crippen LogP contribution in [0.25, 0.3) is 0 Å². The van der Waals surface area contributed by atoms with Crippen molar-refractivity contribution in [1.82, 2.24) is 5.32 Å². The van der Waals surface area contributed by atoms with Crippen molar-refractivity contribution in [2.75, 3.05) is 18.5 Å². The summed E-state index contributed by atoms with van der Waals surface area (Å²) < 4.78 is 18.7. The molecule has 0 atom stereocenters. The van der Waals surface area contributed by atoms with Crippen molar-refractivity contribution in [3.8, 4) is 5.75 Å². The molecule has 0 fully saturated rings. The Morgan fingerprint density at radius 3 is 2.67 bits per heavy atom. The highest BCUT2D eigenvalue weighted by molar-refractivity contribution is 5.91. The van der Waals surface area contributed by atoms with E-state index in [1.807, 2.05) is 31.2 Å². The lowest BCUT2D eigenvalue weighted by Crippen LogP contribution is -2.17. The first-order valence-electron chi connectivity index (χ1n) is 8.16. The lowest BCUT2D eigenvalue weighted by molar-refractivity contribution is -0.116. The van der Waals surface area contributed by atoms with E-state index in [0.29, 0.717) is 26.0 Å². The van der Waals surface area contributed by atoms with Gasteiger partial charge in [0.15, 0.2) is 11.6 Å². The van der Waals surface area contributed by atoms with Crippen molar-refractivity contribution in [3.05, 3.63) is 59.9 Å². The van der Waals surface area contributed by atoms with Gasteiger partial charge in [0.05, 0.1) is 6.61 Å². The molecule has 2 N–H and O–H groups in total. The molecule has 0 bridgehead atoms. The Hall–Kier alpha value is -2.40. The topological polar surface area (TPSA) is 50.4 Å². The van der Waals surface area contributed by atoms with Crippen LogP contribution in [0.4, 0.5) is 10.1 Å². The number of rotatable bonds is 9. The van der Waals surface area contributed by atoms with Crippen molar-refractivity contribution in [3.63, 3.8) is 0 Å². The molecule has 0 saturated carbocycles. The minimum absolute atomic E-state index is 0.0731. The third-order valence-electron chi connectivity index (χ3n) is 3.50. The van der Waals surface area contributed by atoms with Gasteiger partial charge in [-0.25, -0.2) is 4.39 Å². The fraction of sp³-hybridized carbons (Fsp3) is 0.316. The Bertz CT molecular complexity index is 661. The average Bonchev–Trinajstić information content (AvgIpc) is 2.59. The molecule has 5 heteroatoms. The molecule has 0 unspecified atom stereocenters. The van der Waals surface area contributed by atoms with E-state index in [0.717, 1.165) is 17.8 Å². The minimum Gasteiger partial charge on any atom is -0.491 e. The zero-order chi connectivity index (χ0) is 17.2. The predicted octanol–water partition coefficient (Wildman–Crippen LogP) is 3.73. The summed E-state index contributed by atoms with van der Waals surface area (Å²) in [7, 11) is 0. The Kier molecular flexibility index (Phi) is 7.23. The van der Waals surface area contributed by atoms with Crippen LogP contribution in [0.5, 0.6) is 5.75 Å². The van der Waals surface area contributed by atoms with Crippen LogP contribution < -0.4 is 15.4 Å². The van der Waals surface area contributed by atoms with E-state index in [4.69, 9.17) is 4.74 Å². The summed E-state index contributed by atoms with van der Waals surface area (Å²) in [4.78, 5) is 12.1. The fourth-order valence-corrected chi connectivity index (χ4v) is 2.25. The van der Waals surface area contributed by atoms with Gasteiger partial charge in [0.25, 0.3) is 0 Å². The second-order valence-corrected chi connectivity index (χ2v) is 5.37. The summed E-state index contributed by atoms with van der Waals surface area (Å²) in [6.45, 7) is 3.92. The van der Waals surface area contributed by atoms with E-state index in [1.165, 1.54) is 6.07 Å². The monoisotopic (exact) mass is 330 g/mol. The number of carbonyl (C=O) groups is 1. The number of anilines is 1. The molecule has 0 spiro atoms. The third-order valence-corrected chi connectivity index (χ3v) is 3.50. The highest BCUT2D eigenvalue weighted by atomic mass is 19.1. The first-order valence-corrected chi connectivity index (χ1v) is 8.16. The van der Waals surface area contributed by atoms with Gasteiger partial charge < -0.3 is 15.4 Å². The van der Waals surface area contributed by atoms with Crippen molar-refractivity contribution in [2.24, 2.45) is 0 Å². The summed E-state index contributed by atoms with van der Waals surface area (Å²) in [5, 5.41) is 6.17. The van der Waals surface area contributed by atoms with Crippen molar-refractivity contribution >= 4 is 11.6 Å². The summed E-state index contributed by atoms with van der Waals surface area (Å²) in [6.07, 6.45) is 0.847. The second-order valence-electron chi connectivity index (χ2n) is 5.37. The second kappa shape index (κ2) is 9.67. The van der Waals surface area contributed by atoms with Crippen LogP contribution in [-0.2, 0) is 11.3 Å². The number of hydrogen-bond donors (Lipinski definition) is 2. The molecule has 2 aromatic rings. The summed E-state index contributed by atoms with van der Waals surface area (Å²) in [5.74, 6) is -0.246. The summed E-state index contributed by atoms with van der Waals surface area (Å²) in [6, 6.07) is 14.0. The summed E-state index contributed by atoms with van der Waals surface area (Å²) >= 11 is 0. The molecule has 0 aliphatic heterocycles. The maximum Gasteiger partial charge on any atom is 0.224 e. The van der Waals surface area contributed by atoms with E-state index in [-0.39, 0.29) is 17.5 Å². The molecular formula is C19H23FN2O2. The van der Waals surface area contributed by atoms with Crippen LogP contribution in [0.3, 0.4) is 0 Å². The molecule has 0 heterocycles. The molecular weight excluding hydrogens is 307 g/mol. The normalized spacial score (nSPS) is 10.4. The Balaban J connectivity index is 1.76. The number of amides is 1. The molecule has 0 radical (unpaired) electrons. The zero-order valence-electron chi connectivity index (χ0n) is 13.8. The van der Waals surface area contributed by atoms with Crippen molar-refractivity contribution in [1.29, 1.82) is 0 Å². The van der Waals surface area contributed by atoms with E-state index in [2.05, 4.69) is 10.6 Å².